The van der Waals surface area contributed by atoms with E-state index in [1.807, 2.05) is 20.8 Å². The second kappa shape index (κ2) is 6.01. The zero-order valence-electron chi connectivity index (χ0n) is 15.0. The molecule has 23 heavy (non-hydrogen) atoms. The van der Waals surface area contributed by atoms with Crippen molar-refractivity contribution in [3.8, 4) is 0 Å². The molecule has 2 fully saturated rings. The molecule has 0 aromatic heterocycles. The Morgan fingerprint density at radius 2 is 1.91 bits per heavy atom. The Morgan fingerprint density at radius 1 is 1.30 bits per heavy atom. The molecule has 0 aromatic rings. The highest BCUT2D eigenvalue weighted by molar-refractivity contribution is 7.88. The first-order valence-electron chi connectivity index (χ1n) is 8.23. The lowest BCUT2D eigenvalue weighted by Gasteiger charge is -2.60. The van der Waals surface area contributed by atoms with Gasteiger partial charge in [-0.25, -0.2) is 13.1 Å². The molecule has 0 radical (unpaired) electrons. The van der Waals surface area contributed by atoms with Gasteiger partial charge in [0.1, 0.15) is 6.04 Å². The summed E-state index contributed by atoms with van der Waals surface area (Å²) in [6, 6.07) is -0.775. The number of carbonyl (C=O) groups is 1. The van der Waals surface area contributed by atoms with Gasteiger partial charge in [0.05, 0.1) is 12.4 Å². The van der Waals surface area contributed by atoms with Crippen LogP contribution in [0.25, 0.3) is 0 Å². The second-order valence-electron chi connectivity index (χ2n) is 8.59. The standard InChI is InChI=1S/C16H30N2O4S/c1-15(2,3)12(18-23(6,20)21)14(19)17-11-10-8-7-9-22-13(10)16(11,4)5/h10-13,18H,7-9H2,1-6H3,(H,17,19). The highest BCUT2D eigenvalue weighted by Gasteiger charge is 2.58. The van der Waals surface area contributed by atoms with E-state index >= 15 is 0 Å². The third-order valence-corrected chi connectivity index (χ3v) is 5.75. The number of rotatable bonds is 4. The molecule has 1 heterocycles. The van der Waals surface area contributed by atoms with Crippen molar-refractivity contribution in [1.29, 1.82) is 0 Å². The summed E-state index contributed by atoms with van der Waals surface area (Å²) in [4.78, 5) is 12.8. The average Bonchev–Trinajstić information content (AvgIpc) is 2.40. The van der Waals surface area contributed by atoms with Gasteiger partial charge in [0, 0.05) is 24.0 Å². The van der Waals surface area contributed by atoms with Crippen LogP contribution in [-0.2, 0) is 19.6 Å². The largest absolute Gasteiger partial charge is 0.377 e. The summed E-state index contributed by atoms with van der Waals surface area (Å²) in [6.07, 6.45) is 3.31. The van der Waals surface area contributed by atoms with Crippen LogP contribution >= 0.6 is 0 Å². The topological polar surface area (TPSA) is 84.5 Å². The molecular formula is C16H30N2O4S. The molecule has 1 saturated carbocycles. The first kappa shape index (κ1) is 18.7. The van der Waals surface area contributed by atoms with Gasteiger partial charge in [0.25, 0.3) is 0 Å². The Balaban J connectivity index is 2.12. The van der Waals surface area contributed by atoms with Gasteiger partial charge < -0.3 is 10.1 Å². The molecule has 2 rings (SSSR count). The van der Waals surface area contributed by atoms with Crippen LogP contribution < -0.4 is 10.0 Å². The van der Waals surface area contributed by atoms with Crippen molar-refractivity contribution < 1.29 is 17.9 Å². The Bertz CT molecular complexity index is 565. The maximum atomic E-state index is 12.8. The molecule has 1 aliphatic carbocycles. The zero-order valence-corrected chi connectivity index (χ0v) is 15.8. The third-order valence-electron chi connectivity index (χ3n) is 5.09. The molecule has 0 bridgehead atoms. The molecule has 1 amide bonds. The number of nitrogens with one attached hydrogen (secondary N) is 2. The fourth-order valence-electron chi connectivity index (χ4n) is 3.89. The van der Waals surface area contributed by atoms with Gasteiger partial charge in [-0.1, -0.05) is 34.6 Å². The van der Waals surface area contributed by atoms with E-state index in [1.165, 1.54) is 0 Å². The van der Waals surface area contributed by atoms with E-state index in [4.69, 9.17) is 4.74 Å². The van der Waals surface area contributed by atoms with Gasteiger partial charge in [0.2, 0.25) is 15.9 Å². The SMILES string of the molecule is CC(C)(C)C(NS(C)(=O)=O)C(=O)NC1C2CCCOC2C1(C)C. The number of amides is 1. The lowest BCUT2D eigenvalue weighted by Crippen LogP contribution is -2.71. The minimum atomic E-state index is -3.46. The Hall–Kier alpha value is -0.660. The van der Waals surface area contributed by atoms with Gasteiger partial charge in [0.15, 0.2) is 0 Å². The number of hydrogen-bond acceptors (Lipinski definition) is 4. The number of ether oxygens (including phenoxy) is 1. The van der Waals surface area contributed by atoms with E-state index in [2.05, 4.69) is 23.9 Å². The molecule has 2 N–H and O–H groups in total. The van der Waals surface area contributed by atoms with Crippen molar-refractivity contribution in [2.45, 2.75) is 65.6 Å². The van der Waals surface area contributed by atoms with Crippen molar-refractivity contribution in [2.75, 3.05) is 12.9 Å². The minimum absolute atomic E-state index is 0.0199. The van der Waals surface area contributed by atoms with Crippen molar-refractivity contribution in [2.24, 2.45) is 16.7 Å². The smallest absolute Gasteiger partial charge is 0.238 e. The predicted octanol–water partition coefficient (Wildman–Crippen LogP) is 1.27. The number of carbonyl (C=O) groups excluding carboxylic acids is 1. The van der Waals surface area contributed by atoms with Gasteiger partial charge in [-0.3, -0.25) is 4.79 Å². The van der Waals surface area contributed by atoms with Crippen LogP contribution in [0.5, 0.6) is 0 Å². The molecule has 4 atom stereocenters. The number of fused-ring (bicyclic) bond motifs is 1. The van der Waals surface area contributed by atoms with Crippen molar-refractivity contribution in [3.05, 3.63) is 0 Å². The summed E-state index contributed by atoms with van der Waals surface area (Å²) in [6.45, 7) is 10.5. The first-order chi connectivity index (χ1) is 10.3. The lowest BCUT2D eigenvalue weighted by molar-refractivity contribution is -0.194. The van der Waals surface area contributed by atoms with Gasteiger partial charge in [-0.2, -0.15) is 0 Å². The molecule has 0 spiro atoms. The van der Waals surface area contributed by atoms with Gasteiger partial charge in [-0.05, 0) is 18.3 Å². The molecular weight excluding hydrogens is 316 g/mol. The molecule has 4 unspecified atom stereocenters. The maximum Gasteiger partial charge on any atom is 0.238 e. The Kier molecular flexibility index (Phi) is 4.88. The lowest BCUT2D eigenvalue weighted by atomic mass is 9.55. The van der Waals surface area contributed by atoms with E-state index in [9.17, 15) is 13.2 Å². The molecule has 0 aromatic carbocycles. The summed E-state index contributed by atoms with van der Waals surface area (Å²) in [7, 11) is -3.46. The van der Waals surface area contributed by atoms with Crippen LogP contribution in [0.1, 0.15) is 47.5 Å². The normalized spacial score (nSPS) is 31.7. The van der Waals surface area contributed by atoms with Crippen molar-refractivity contribution >= 4 is 15.9 Å². The monoisotopic (exact) mass is 346 g/mol. The quantitative estimate of drug-likeness (QED) is 0.803. The van der Waals surface area contributed by atoms with Gasteiger partial charge in [-0.15, -0.1) is 0 Å². The summed E-state index contributed by atoms with van der Waals surface area (Å²) >= 11 is 0. The summed E-state index contributed by atoms with van der Waals surface area (Å²) < 4.78 is 31.5. The van der Waals surface area contributed by atoms with Crippen LogP contribution in [0.2, 0.25) is 0 Å². The molecule has 134 valence electrons. The molecule has 6 nitrogen and oxygen atoms in total. The average molecular weight is 346 g/mol. The summed E-state index contributed by atoms with van der Waals surface area (Å²) in [5, 5.41) is 3.09. The minimum Gasteiger partial charge on any atom is -0.377 e. The third kappa shape index (κ3) is 3.88. The highest BCUT2D eigenvalue weighted by atomic mass is 32.2. The molecule has 2 aliphatic rings. The Labute approximate surface area is 139 Å². The fourth-order valence-corrected chi connectivity index (χ4v) is 4.78. The van der Waals surface area contributed by atoms with Crippen LogP contribution in [0, 0.1) is 16.7 Å². The van der Waals surface area contributed by atoms with Gasteiger partial charge >= 0.3 is 0 Å². The van der Waals surface area contributed by atoms with Crippen LogP contribution in [0.15, 0.2) is 0 Å². The zero-order chi connectivity index (χ0) is 17.6. The van der Waals surface area contributed by atoms with E-state index in [0.29, 0.717) is 5.92 Å². The summed E-state index contributed by atoms with van der Waals surface area (Å²) in [5.41, 5.74) is -0.641. The van der Waals surface area contributed by atoms with E-state index in [-0.39, 0.29) is 23.5 Å². The van der Waals surface area contributed by atoms with Crippen molar-refractivity contribution in [3.63, 3.8) is 0 Å². The van der Waals surface area contributed by atoms with E-state index in [0.717, 1.165) is 25.7 Å². The number of hydrogen-bond donors (Lipinski definition) is 2. The second-order valence-corrected chi connectivity index (χ2v) is 10.4. The number of sulfonamides is 1. The van der Waals surface area contributed by atoms with E-state index in [1.54, 1.807) is 0 Å². The Morgan fingerprint density at radius 3 is 2.43 bits per heavy atom. The molecule has 1 saturated heterocycles. The predicted molar refractivity (Wildman–Crippen MR) is 89.4 cm³/mol. The maximum absolute atomic E-state index is 12.8. The van der Waals surface area contributed by atoms with Crippen LogP contribution in [0.4, 0.5) is 0 Å². The first-order valence-corrected chi connectivity index (χ1v) is 10.1. The van der Waals surface area contributed by atoms with Crippen LogP contribution in [0.3, 0.4) is 0 Å². The fraction of sp³-hybridized carbons (Fsp3) is 0.938. The van der Waals surface area contributed by atoms with Crippen molar-refractivity contribution in [1.82, 2.24) is 10.0 Å². The highest BCUT2D eigenvalue weighted by Crippen LogP contribution is 2.51. The van der Waals surface area contributed by atoms with Crippen LogP contribution in [-0.4, -0.2) is 45.4 Å². The molecule has 1 aliphatic heterocycles. The van der Waals surface area contributed by atoms with E-state index < -0.39 is 21.5 Å². The molecule has 7 heteroatoms. The summed E-state index contributed by atoms with van der Waals surface area (Å²) in [5.74, 6) is 0.0616.